The molecule has 0 amide bonds. The summed E-state index contributed by atoms with van der Waals surface area (Å²) in [7, 11) is -4.02. The Bertz CT molecular complexity index is 719. The lowest BCUT2D eigenvalue weighted by atomic mass is 10.2. The number of hydrogen-bond donors (Lipinski definition) is 2. The van der Waals surface area contributed by atoms with Crippen LogP contribution in [0.25, 0.3) is 0 Å². The van der Waals surface area contributed by atoms with Crippen LogP contribution in [0, 0.1) is 10.1 Å². The molecule has 2 rings (SSSR count). The summed E-state index contributed by atoms with van der Waals surface area (Å²) >= 11 is 0. The number of piperazine rings is 1. The van der Waals surface area contributed by atoms with Crippen molar-refractivity contribution in [2.75, 3.05) is 32.7 Å². The van der Waals surface area contributed by atoms with Crippen LogP contribution >= 0.6 is 0 Å². The van der Waals surface area contributed by atoms with Crippen LogP contribution in [0.2, 0.25) is 0 Å². The molecule has 146 valence electrons. The van der Waals surface area contributed by atoms with E-state index >= 15 is 0 Å². The van der Waals surface area contributed by atoms with E-state index in [1.165, 1.54) is 17.0 Å². The van der Waals surface area contributed by atoms with E-state index in [-0.39, 0.29) is 24.3 Å². The van der Waals surface area contributed by atoms with Crippen molar-refractivity contribution in [2.45, 2.75) is 18.0 Å². The number of nitro benzene ring substituents is 1. The lowest BCUT2D eigenvalue weighted by molar-refractivity contribution is -0.384. The van der Waals surface area contributed by atoms with Crippen LogP contribution in [0.3, 0.4) is 0 Å². The molecule has 1 heterocycles. The topological polar surface area (TPSA) is 105 Å². The summed E-state index contributed by atoms with van der Waals surface area (Å²) in [5.74, 6) is -0.558. The lowest BCUT2D eigenvalue weighted by Crippen LogP contribution is -2.57. The highest BCUT2D eigenvalue weighted by molar-refractivity contribution is 7.88. The normalized spacial score (nSPS) is 17.8. The van der Waals surface area contributed by atoms with E-state index in [2.05, 4.69) is 5.32 Å². The van der Waals surface area contributed by atoms with Crippen LogP contribution in [0.15, 0.2) is 24.3 Å². The Hall–Kier alpha value is -1.76. The maximum Gasteiger partial charge on any atom is 0.405 e. The van der Waals surface area contributed by atoms with Crippen LogP contribution in [0.5, 0.6) is 0 Å². The fraction of sp³-hybridized carbons (Fsp3) is 0.571. The summed E-state index contributed by atoms with van der Waals surface area (Å²) in [4.78, 5) is 11.2. The molecule has 1 aromatic rings. The average Bonchev–Trinajstić information content (AvgIpc) is 2.54. The van der Waals surface area contributed by atoms with E-state index < -0.39 is 39.5 Å². The van der Waals surface area contributed by atoms with Crippen LogP contribution in [-0.2, 0) is 15.8 Å². The molecular weight excluding hydrogens is 377 g/mol. The maximum atomic E-state index is 13.3. The van der Waals surface area contributed by atoms with Crippen molar-refractivity contribution >= 4 is 15.7 Å². The summed E-state index contributed by atoms with van der Waals surface area (Å²) < 4.78 is 66.0. The number of benzene rings is 1. The first kappa shape index (κ1) is 20.6. The minimum atomic E-state index is -4.56. The van der Waals surface area contributed by atoms with Crippen LogP contribution < -0.4 is 10.0 Å². The Morgan fingerprint density at radius 1 is 1.23 bits per heavy atom. The summed E-state index contributed by atoms with van der Waals surface area (Å²) in [5, 5.41) is 13.5. The zero-order valence-corrected chi connectivity index (χ0v) is 14.5. The van der Waals surface area contributed by atoms with E-state index in [1.54, 1.807) is 0 Å². The molecule has 1 atom stereocenters. The van der Waals surface area contributed by atoms with Gasteiger partial charge in [-0.25, -0.2) is 13.1 Å². The molecule has 1 saturated heterocycles. The SMILES string of the molecule is O=[N+]([O-])c1ccc(CS(=O)(=O)NCC(N2CCNCC2)C(F)(F)F)cc1. The molecule has 0 bridgehead atoms. The van der Waals surface area contributed by atoms with Gasteiger partial charge in [0.05, 0.1) is 10.7 Å². The van der Waals surface area contributed by atoms with E-state index in [4.69, 9.17) is 0 Å². The molecule has 0 radical (unpaired) electrons. The van der Waals surface area contributed by atoms with Gasteiger partial charge in [-0.3, -0.25) is 15.0 Å². The van der Waals surface area contributed by atoms with Gasteiger partial charge in [-0.1, -0.05) is 12.1 Å². The first-order chi connectivity index (χ1) is 12.1. The molecule has 1 aromatic carbocycles. The average molecular weight is 396 g/mol. The highest BCUT2D eigenvalue weighted by Gasteiger charge is 2.44. The number of sulfonamides is 1. The standard InChI is InChI=1S/C14H19F3N4O4S/c15-14(16,17)13(20-7-5-18-6-8-20)9-19-26(24,25)10-11-1-3-12(4-2-11)21(22)23/h1-4,13,18-19H,5-10H2. The number of alkyl halides is 3. The Labute approximate surface area is 148 Å². The minimum absolute atomic E-state index is 0.175. The number of halogens is 3. The van der Waals surface area contributed by atoms with Crippen molar-refractivity contribution < 1.29 is 26.5 Å². The zero-order valence-electron chi connectivity index (χ0n) is 13.7. The van der Waals surface area contributed by atoms with Gasteiger partial charge in [-0.05, 0) is 5.56 Å². The van der Waals surface area contributed by atoms with Crippen molar-refractivity contribution in [2.24, 2.45) is 0 Å². The van der Waals surface area contributed by atoms with Gasteiger partial charge < -0.3 is 5.32 Å². The quantitative estimate of drug-likeness (QED) is 0.523. The van der Waals surface area contributed by atoms with E-state index in [9.17, 15) is 31.7 Å². The van der Waals surface area contributed by atoms with E-state index in [0.29, 0.717) is 13.1 Å². The van der Waals surface area contributed by atoms with Crippen molar-refractivity contribution in [1.29, 1.82) is 0 Å². The molecule has 0 aliphatic carbocycles. The van der Waals surface area contributed by atoms with Gasteiger partial charge in [0.1, 0.15) is 6.04 Å². The molecule has 1 aliphatic heterocycles. The number of non-ortho nitro benzene ring substituents is 1. The molecule has 1 unspecified atom stereocenters. The Kier molecular flexibility index (Phi) is 6.55. The van der Waals surface area contributed by atoms with Gasteiger partial charge in [0, 0.05) is 44.9 Å². The number of nitrogens with one attached hydrogen (secondary N) is 2. The summed E-state index contributed by atoms with van der Waals surface area (Å²) in [6, 6.07) is 2.90. The highest BCUT2D eigenvalue weighted by Crippen LogP contribution is 2.25. The molecular formula is C14H19F3N4O4S. The molecule has 0 saturated carbocycles. The van der Waals surface area contributed by atoms with Crippen molar-refractivity contribution in [1.82, 2.24) is 14.9 Å². The second-order valence-electron chi connectivity index (χ2n) is 5.87. The molecule has 26 heavy (non-hydrogen) atoms. The molecule has 2 N–H and O–H groups in total. The second-order valence-corrected chi connectivity index (χ2v) is 7.68. The molecule has 12 heteroatoms. The minimum Gasteiger partial charge on any atom is -0.314 e. The third-order valence-corrected chi connectivity index (χ3v) is 5.29. The first-order valence-electron chi connectivity index (χ1n) is 7.80. The fourth-order valence-electron chi connectivity index (χ4n) is 2.64. The predicted octanol–water partition coefficient (Wildman–Crippen LogP) is 0.850. The first-order valence-corrected chi connectivity index (χ1v) is 9.46. The van der Waals surface area contributed by atoms with Crippen molar-refractivity contribution in [3.8, 4) is 0 Å². The molecule has 1 aliphatic rings. The van der Waals surface area contributed by atoms with Gasteiger partial charge in [0.25, 0.3) is 5.69 Å². The highest BCUT2D eigenvalue weighted by atomic mass is 32.2. The molecule has 1 fully saturated rings. The van der Waals surface area contributed by atoms with Crippen LogP contribution in [0.4, 0.5) is 18.9 Å². The van der Waals surface area contributed by atoms with E-state index in [1.807, 2.05) is 4.72 Å². The van der Waals surface area contributed by atoms with Gasteiger partial charge in [0.2, 0.25) is 10.0 Å². The van der Waals surface area contributed by atoms with Crippen LogP contribution in [-0.4, -0.2) is 63.2 Å². The smallest absolute Gasteiger partial charge is 0.314 e. The summed E-state index contributed by atoms with van der Waals surface area (Å²) in [6.07, 6.45) is -4.56. The van der Waals surface area contributed by atoms with Crippen molar-refractivity contribution in [3.63, 3.8) is 0 Å². The second kappa shape index (κ2) is 8.29. The Balaban J connectivity index is 2.01. The summed E-state index contributed by atoms with van der Waals surface area (Å²) in [6.45, 7) is 0.381. The van der Waals surface area contributed by atoms with Gasteiger partial charge in [0.15, 0.2) is 0 Å². The maximum absolute atomic E-state index is 13.3. The Morgan fingerprint density at radius 2 is 1.81 bits per heavy atom. The van der Waals surface area contributed by atoms with Crippen LogP contribution in [0.1, 0.15) is 5.56 Å². The number of nitrogens with zero attached hydrogens (tertiary/aromatic N) is 2. The van der Waals surface area contributed by atoms with Gasteiger partial charge >= 0.3 is 6.18 Å². The third-order valence-electron chi connectivity index (χ3n) is 3.97. The predicted molar refractivity (Wildman–Crippen MR) is 88.0 cm³/mol. The number of nitro groups is 1. The van der Waals surface area contributed by atoms with Gasteiger partial charge in [-0.2, -0.15) is 13.2 Å². The monoisotopic (exact) mass is 396 g/mol. The zero-order chi connectivity index (χ0) is 19.4. The van der Waals surface area contributed by atoms with Crippen molar-refractivity contribution in [3.05, 3.63) is 39.9 Å². The largest absolute Gasteiger partial charge is 0.405 e. The molecule has 0 spiro atoms. The van der Waals surface area contributed by atoms with E-state index in [0.717, 1.165) is 12.1 Å². The fourth-order valence-corrected chi connectivity index (χ4v) is 3.78. The molecule has 0 aromatic heterocycles. The summed E-state index contributed by atoms with van der Waals surface area (Å²) in [5.41, 5.74) is 0.0452. The number of rotatable bonds is 7. The Morgan fingerprint density at radius 3 is 2.31 bits per heavy atom. The third kappa shape index (κ3) is 5.90. The molecule has 8 nitrogen and oxygen atoms in total. The lowest BCUT2D eigenvalue weighted by Gasteiger charge is -2.35. The number of hydrogen-bond acceptors (Lipinski definition) is 6. The van der Waals surface area contributed by atoms with Gasteiger partial charge in [-0.15, -0.1) is 0 Å².